The minimum Gasteiger partial charge on any atom is -0.447 e. The number of rotatable bonds is 5. The van der Waals surface area contributed by atoms with Crippen molar-refractivity contribution in [2.24, 2.45) is 11.8 Å². The van der Waals surface area contributed by atoms with Crippen LogP contribution in [-0.4, -0.2) is 34.8 Å². The molecule has 1 aromatic rings. The van der Waals surface area contributed by atoms with Crippen LogP contribution in [-0.2, 0) is 9.53 Å². The number of carbonyl (C=O) groups is 2. The van der Waals surface area contributed by atoms with Gasteiger partial charge in [0.2, 0.25) is 5.91 Å². The van der Waals surface area contributed by atoms with E-state index in [1.54, 1.807) is 11.8 Å². The van der Waals surface area contributed by atoms with Gasteiger partial charge < -0.3 is 4.74 Å². The largest absolute Gasteiger partial charge is 0.447 e. The molecule has 0 saturated carbocycles. The van der Waals surface area contributed by atoms with E-state index in [0.29, 0.717) is 6.61 Å². The lowest BCUT2D eigenvalue weighted by Crippen LogP contribution is -2.46. The fourth-order valence-corrected chi connectivity index (χ4v) is 3.48. The van der Waals surface area contributed by atoms with Crippen LogP contribution in [0.15, 0.2) is 35.2 Å². The molecule has 1 aromatic carbocycles. The molecule has 1 fully saturated rings. The Kier molecular flexibility index (Phi) is 5.51. The molecule has 0 bridgehead atoms. The summed E-state index contributed by atoms with van der Waals surface area (Å²) in [6.45, 7) is 8.20. The molecule has 1 aliphatic heterocycles. The molecule has 120 valence electrons. The first-order valence-corrected chi connectivity index (χ1v) is 8.51. The SMILES string of the molecule is CC(C)[C@H]1COC(=O)N1C(=O)[C@H](C)C(C)Sc1ccccc1. The molecule has 2 rings (SSSR count). The summed E-state index contributed by atoms with van der Waals surface area (Å²) in [7, 11) is 0. The van der Waals surface area contributed by atoms with Gasteiger partial charge in [-0.25, -0.2) is 9.69 Å². The van der Waals surface area contributed by atoms with Crippen LogP contribution in [0, 0.1) is 11.8 Å². The zero-order valence-electron chi connectivity index (χ0n) is 13.5. The van der Waals surface area contributed by atoms with E-state index in [1.807, 2.05) is 58.0 Å². The van der Waals surface area contributed by atoms with Crippen LogP contribution < -0.4 is 0 Å². The fraction of sp³-hybridized carbons (Fsp3) is 0.529. The van der Waals surface area contributed by atoms with E-state index < -0.39 is 6.09 Å². The summed E-state index contributed by atoms with van der Waals surface area (Å²) < 4.78 is 5.07. The first-order chi connectivity index (χ1) is 10.4. The van der Waals surface area contributed by atoms with Gasteiger partial charge in [-0.05, 0) is 18.1 Å². The molecule has 3 atom stereocenters. The molecule has 5 heteroatoms. The van der Waals surface area contributed by atoms with E-state index in [1.165, 1.54) is 4.90 Å². The number of hydrogen-bond acceptors (Lipinski definition) is 4. The average Bonchev–Trinajstić information content (AvgIpc) is 2.88. The van der Waals surface area contributed by atoms with E-state index in [2.05, 4.69) is 0 Å². The maximum absolute atomic E-state index is 12.7. The monoisotopic (exact) mass is 321 g/mol. The van der Waals surface area contributed by atoms with E-state index in [-0.39, 0.29) is 29.0 Å². The maximum Gasteiger partial charge on any atom is 0.416 e. The van der Waals surface area contributed by atoms with E-state index in [0.717, 1.165) is 4.90 Å². The maximum atomic E-state index is 12.7. The minimum atomic E-state index is -0.507. The second-order valence-corrected chi connectivity index (χ2v) is 7.47. The van der Waals surface area contributed by atoms with Crippen molar-refractivity contribution in [2.75, 3.05) is 6.61 Å². The number of cyclic esters (lactones) is 1. The number of nitrogens with zero attached hydrogens (tertiary/aromatic N) is 1. The summed E-state index contributed by atoms with van der Waals surface area (Å²) in [5.41, 5.74) is 0. The van der Waals surface area contributed by atoms with Gasteiger partial charge in [-0.15, -0.1) is 11.8 Å². The first-order valence-electron chi connectivity index (χ1n) is 7.63. The third-order valence-electron chi connectivity index (χ3n) is 4.07. The van der Waals surface area contributed by atoms with Crippen molar-refractivity contribution in [3.63, 3.8) is 0 Å². The number of amides is 2. The molecule has 4 nitrogen and oxygen atoms in total. The molecule has 2 amide bonds. The smallest absolute Gasteiger partial charge is 0.416 e. The van der Waals surface area contributed by atoms with Gasteiger partial charge in [0, 0.05) is 16.1 Å². The lowest BCUT2D eigenvalue weighted by Gasteiger charge is -2.27. The molecule has 1 aliphatic rings. The Morgan fingerprint density at radius 3 is 2.45 bits per heavy atom. The molecular weight excluding hydrogens is 298 g/mol. The molecular formula is C17H23NO3S. The highest BCUT2D eigenvalue weighted by atomic mass is 32.2. The summed E-state index contributed by atoms with van der Waals surface area (Å²) in [4.78, 5) is 27.0. The van der Waals surface area contributed by atoms with Crippen molar-refractivity contribution in [3.05, 3.63) is 30.3 Å². The lowest BCUT2D eigenvalue weighted by atomic mass is 10.0. The zero-order valence-corrected chi connectivity index (χ0v) is 14.3. The van der Waals surface area contributed by atoms with Gasteiger partial charge in [-0.2, -0.15) is 0 Å². The van der Waals surface area contributed by atoms with E-state index >= 15 is 0 Å². The van der Waals surface area contributed by atoms with Crippen LogP contribution in [0.4, 0.5) is 4.79 Å². The Morgan fingerprint density at radius 1 is 1.23 bits per heavy atom. The van der Waals surface area contributed by atoms with Gasteiger partial charge in [0.05, 0.1) is 6.04 Å². The van der Waals surface area contributed by atoms with Crippen molar-refractivity contribution in [2.45, 2.75) is 43.9 Å². The Morgan fingerprint density at radius 2 is 1.86 bits per heavy atom. The number of imide groups is 1. The standard InChI is InChI=1S/C17H23NO3S/c1-11(2)15-10-21-17(20)18(15)16(19)12(3)13(4)22-14-8-6-5-7-9-14/h5-9,11-13,15H,10H2,1-4H3/t12-,13?,15-/m1/s1. The quantitative estimate of drug-likeness (QED) is 0.774. The fourth-order valence-electron chi connectivity index (χ4n) is 2.42. The summed E-state index contributed by atoms with van der Waals surface area (Å²) in [5.74, 6) is -0.200. The molecule has 1 heterocycles. The van der Waals surface area contributed by atoms with Gasteiger partial charge >= 0.3 is 6.09 Å². The van der Waals surface area contributed by atoms with Crippen molar-refractivity contribution in [1.82, 2.24) is 4.90 Å². The second-order valence-electron chi connectivity index (χ2n) is 6.02. The van der Waals surface area contributed by atoms with Crippen LogP contribution in [0.3, 0.4) is 0 Å². The number of benzene rings is 1. The van der Waals surface area contributed by atoms with Crippen molar-refractivity contribution < 1.29 is 14.3 Å². The Hall–Kier alpha value is -1.49. The van der Waals surface area contributed by atoms with Crippen LogP contribution in [0.25, 0.3) is 0 Å². The van der Waals surface area contributed by atoms with E-state index in [9.17, 15) is 9.59 Å². The van der Waals surface area contributed by atoms with E-state index in [4.69, 9.17) is 4.74 Å². The zero-order chi connectivity index (χ0) is 16.3. The third-order valence-corrected chi connectivity index (χ3v) is 5.40. The van der Waals surface area contributed by atoms with Crippen molar-refractivity contribution in [3.8, 4) is 0 Å². The number of ether oxygens (including phenoxy) is 1. The second kappa shape index (κ2) is 7.18. The highest BCUT2D eigenvalue weighted by molar-refractivity contribution is 8.00. The molecule has 0 radical (unpaired) electrons. The summed E-state index contributed by atoms with van der Waals surface area (Å²) >= 11 is 1.65. The third kappa shape index (κ3) is 3.64. The number of hydrogen-bond donors (Lipinski definition) is 0. The Bertz CT molecular complexity index is 532. The Labute approximate surface area is 136 Å². The molecule has 0 aliphatic carbocycles. The predicted octanol–water partition coefficient (Wildman–Crippen LogP) is 3.81. The summed E-state index contributed by atoms with van der Waals surface area (Å²) in [6.07, 6.45) is -0.507. The Balaban J connectivity index is 2.06. The van der Waals surface area contributed by atoms with Gasteiger partial charge in [0.1, 0.15) is 6.61 Å². The molecule has 0 spiro atoms. The van der Waals surface area contributed by atoms with Gasteiger partial charge in [-0.3, -0.25) is 4.79 Å². The van der Waals surface area contributed by atoms with Crippen molar-refractivity contribution in [1.29, 1.82) is 0 Å². The highest BCUT2D eigenvalue weighted by Crippen LogP contribution is 2.30. The number of carbonyl (C=O) groups excluding carboxylic acids is 2. The normalized spacial score (nSPS) is 20.9. The number of thioether (sulfide) groups is 1. The molecule has 1 saturated heterocycles. The topological polar surface area (TPSA) is 46.6 Å². The van der Waals surface area contributed by atoms with Gasteiger partial charge in [-0.1, -0.05) is 45.9 Å². The molecule has 0 N–H and O–H groups in total. The predicted molar refractivity (Wildman–Crippen MR) is 87.7 cm³/mol. The molecule has 1 unspecified atom stereocenters. The average molecular weight is 321 g/mol. The summed E-state index contributed by atoms with van der Waals surface area (Å²) in [6, 6.07) is 9.83. The van der Waals surface area contributed by atoms with Crippen LogP contribution >= 0.6 is 11.8 Å². The van der Waals surface area contributed by atoms with Crippen LogP contribution in [0.2, 0.25) is 0 Å². The van der Waals surface area contributed by atoms with Crippen molar-refractivity contribution >= 4 is 23.8 Å². The van der Waals surface area contributed by atoms with Crippen LogP contribution in [0.5, 0.6) is 0 Å². The highest BCUT2D eigenvalue weighted by Gasteiger charge is 2.42. The summed E-state index contributed by atoms with van der Waals surface area (Å²) in [5, 5.41) is 0.0797. The van der Waals surface area contributed by atoms with Gasteiger partial charge in [0.25, 0.3) is 0 Å². The first kappa shape index (κ1) is 16.9. The molecule has 0 aromatic heterocycles. The molecule has 22 heavy (non-hydrogen) atoms. The van der Waals surface area contributed by atoms with Gasteiger partial charge in [0.15, 0.2) is 0 Å². The lowest BCUT2D eigenvalue weighted by molar-refractivity contribution is -0.133. The van der Waals surface area contributed by atoms with Crippen LogP contribution in [0.1, 0.15) is 27.7 Å². The minimum absolute atomic E-state index is 0.0797.